The second-order valence-corrected chi connectivity index (χ2v) is 7.75. The molecule has 4 heterocycles. The number of thioether (sulfide) groups is 1. The van der Waals surface area contributed by atoms with Gasteiger partial charge in [0.15, 0.2) is 5.82 Å². The molecule has 1 fully saturated rings. The molecule has 2 atom stereocenters. The lowest BCUT2D eigenvalue weighted by Crippen LogP contribution is -2.57. The van der Waals surface area contributed by atoms with Crippen molar-refractivity contribution in [2.45, 2.75) is 30.8 Å². The first-order chi connectivity index (χ1) is 11.4. The zero-order valence-electron chi connectivity index (χ0n) is 14.2. The van der Waals surface area contributed by atoms with E-state index in [-0.39, 0.29) is 17.5 Å². The molecule has 2 aliphatic heterocycles. The number of aromatic nitrogens is 3. The molecule has 0 saturated carbocycles. The number of hydrogen-bond donors (Lipinski definition) is 0. The predicted octanol–water partition coefficient (Wildman–Crippen LogP) is 1.39. The maximum absolute atomic E-state index is 14.8. The number of rotatable bonds is 0. The summed E-state index contributed by atoms with van der Waals surface area (Å²) >= 11 is 1.51. The van der Waals surface area contributed by atoms with Crippen molar-refractivity contribution in [2.24, 2.45) is 7.05 Å². The zero-order chi connectivity index (χ0) is 17.2. The van der Waals surface area contributed by atoms with E-state index in [0.717, 1.165) is 18.8 Å². The quantitative estimate of drug-likeness (QED) is 0.716. The summed E-state index contributed by atoms with van der Waals surface area (Å²) < 4.78 is 16.2. The molecule has 0 N–H and O–H groups in total. The summed E-state index contributed by atoms with van der Waals surface area (Å²) in [6, 6.07) is 0.545. The third-order valence-corrected chi connectivity index (χ3v) is 6.34. The minimum absolute atomic E-state index is 0.200. The molecular formula is C16H20FN5OS. The van der Waals surface area contributed by atoms with Gasteiger partial charge in [-0.25, -0.2) is 14.2 Å². The largest absolute Gasteiger partial charge is 0.350 e. The Labute approximate surface area is 143 Å². The van der Waals surface area contributed by atoms with Crippen molar-refractivity contribution in [1.82, 2.24) is 19.4 Å². The van der Waals surface area contributed by atoms with Crippen molar-refractivity contribution in [3.8, 4) is 0 Å². The average molecular weight is 349 g/mol. The van der Waals surface area contributed by atoms with Gasteiger partial charge in [0.2, 0.25) is 0 Å². The van der Waals surface area contributed by atoms with Crippen LogP contribution in [-0.2, 0) is 7.05 Å². The Morgan fingerprint density at radius 1 is 1.25 bits per heavy atom. The maximum atomic E-state index is 14.8. The van der Waals surface area contributed by atoms with Crippen LogP contribution in [0.3, 0.4) is 0 Å². The van der Waals surface area contributed by atoms with Crippen LogP contribution in [0.15, 0.2) is 9.69 Å². The van der Waals surface area contributed by atoms with Gasteiger partial charge < -0.3 is 4.90 Å². The van der Waals surface area contributed by atoms with Gasteiger partial charge in [-0.3, -0.25) is 9.47 Å². The number of likely N-dealkylation sites (N-methyl/N-ethyl adjacent to an activating group) is 1. The molecule has 0 bridgehead atoms. The van der Waals surface area contributed by atoms with Gasteiger partial charge in [-0.2, -0.15) is 4.98 Å². The van der Waals surface area contributed by atoms with Gasteiger partial charge in [0.1, 0.15) is 11.5 Å². The average Bonchev–Trinajstić information content (AvgIpc) is 2.68. The van der Waals surface area contributed by atoms with E-state index in [1.807, 2.05) is 0 Å². The van der Waals surface area contributed by atoms with E-state index in [9.17, 15) is 9.18 Å². The van der Waals surface area contributed by atoms with Crippen LogP contribution in [0.25, 0.3) is 11.0 Å². The van der Waals surface area contributed by atoms with Gasteiger partial charge in [-0.15, -0.1) is 11.8 Å². The number of fused-ring (bicyclic) bond motifs is 2. The zero-order valence-corrected chi connectivity index (χ0v) is 15.0. The summed E-state index contributed by atoms with van der Waals surface area (Å²) in [5.74, 6) is 1.06. The van der Waals surface area contributed by atoms with Gasteiger partial charge in [-0.05, 0) is 20.9 Å². The van der Waals surface area contributed by atoms with Gasteiger partial charge in [0.25, 0.3) is 0 Å². The molecule has 0 aliphatic carbocycles. The van der Waals surface area contributed by atoms with Crippen LogP contribution in [0.1, 0.15) is 12.6 Å². The number of piperazine rings is 1. The number of pyridine rings is 1. The third kappa shape index (κ3) is 2.16. The van der Waals surface area contributed by atoms with Crippen LogP contribution in [0.4, 0.5) is 10.2 Å². The Hall–Kier alpha value is -1.67. The topological polar surface area (TPSA) is 54.3 Å². The minimum Gasteiger partial charge on any atom is -0.349 e. The summed E-state index contributed by atoms with van der Waals surface area (Å²) in [7, 11) is 3.74. The van der Waals surface area contributed by atoms with Crippen LogP contribution in [-0.4, -0.2) is 57.4 Å². The summed E-state index contributed by atoms with van der Waals surface area (Å²) in [5, 5.41) is 0.671. The van der Waals surface area contributed by atoms with Gasteiger partial charge in [-0.1, -0.05) is 0 Å². The molecule has 4 rings (SSSR count). The monoisotopic (exact) mass is 349 g/mol. The van der Waals surface area contributed by atoms with Crippen molar-refractivity contribution in [2.75, 3.05) is 30.8 Å². The first-order valence-corrected chi connectivity index (χ1v) is 9.03. The Morgan fingerprint density at radius 3 is 2.75 bits per heavy atom. The molecule has 6 nitrogen and oxygen atoms in total. The lowest BCUT2D eigenvalue weighted by molar-refractivity contribution is 0.207. The van der Waals surface area contributed by atoms with Gasteiger partial charge in [0.05, 0.1) is 22.0 Å². The van der Waals surface area contributed by atoms with E-state index in [4.69, 9.17) is 0 Å². The summed E-state index contributed by atoms with van der Waals surface area (Å²) in [6.45, 7) is 5.44. The van der Waals surface area contributed by atoms with Gasteiger partial charge in [0, 0.05) is 31.9 Å². The van der Waals surface area contributed by atoms with Crippen molar-refractivity contribution >= 4 is 28.6 Å². The van der Waals surface area contributed by atoms with E-state index < -0.39 is 0 Å². The Balaban J connectivity index is 2.05. The maximum Gasteiger partial charge on any atom is 0.350 e. The van der Waals surface area contributed by atoms with Crippen molar-refractivity contribution < 1.29 is 4.39 Å². The fourth-order valence-electron chi connectivity index (χ4n) is 3.50. The highest BCUT2D eigenvalue weighted by atomic mass is 32.2. The van der Waals surface area contributed by atoms with Crippen LogP contribution in [0, 0.1) is 12.7 Å². The molecule has 2 aromatic heterocycles. The lowest BCUT2D eigenvalue weighted by atomic mass is 10.1. The highest BCUT2D eigenvalue weighted by molar-refractivity contribution is 7.99. The molecule has 24 heavy (non-hydrogen) atoms. The van der Waals surface area contributed by atoms with Crippen molar-refractivity contribution in [1.29, 1.82) is 0 Å². The number of halogens is 1. The lowest BCUT2D eigenvalue weighted by Gasteiger charge is -2.43. The molecule has 1 saturated heterocycles. The number of hydrogen-bond acceptors (Lipinski definition) is 6. The SMILES string of the molecule is Cc1nc2c3c(nc(=O)n2C)N2CC(C)N(C)CC2CSc3c1F. The highest BCUT2D eigenvalue weighted by Crippen LogP contribution is 2.40. The molecule has 2 aromatic rings. The molecule has 128 valence electrons. The van der Waals surface area contributed by atoms with E-state index in [1.54, 1.807) is 14.0 Å². The molecular weight excluding hydrogens is 329 g/mol. The fraction of sp³-hybridized carbons (Fsp3) is 0.562. The van der Waals surface area contributed by atoms with Crippen LogP contribution < -0.4 is 10.6 Å². The van der Waals surface area contributed by atoms with Crippen LogP contribution in [0.2, 0.25) is 0 Å². The van der Waals surface area contributed by atoms with E-state index in [2.05, 4.69) is 33.7 Å². The normalized spacial score (nSPS) is 24.1. The third-order valence-electron chi connectivity index (χ3n) is 5.12. The van der Waals surface area contributed by atoms with E-state index in [1.165, 1.54) is 16.3 Å². The predicted molar refractivity (Wildman–Crippen MR) is 93.4 cm³/mol. The smallest absolute Gasteiger partial charge is 0.349 e. The summed E-state index contributed by atoms with van der Waals surface area (Å²) in [6.07, 6.45) is 0. The van der Waals surface area contributed by atoms with Crippen LogP contribution >= 0.6 is 11.8 Å². The van der Waals surface area contributed by atoms with Gasteiger partial charge >= 0.3 is 5.69 Å². The summed E-state index contributed by atoms with van der Waals surface area (Å²) in [5.41, 5.74) is 0.486. The van der Waals surface area contributed by atoms with Crippen molar-refractivity contribution in [3.05, 3.63) is 22.0 Å². The fourth-order valence-corrected chi connectivity index (χ4v) is 4.75. The molecule has 2 aliphatic rings. The Kier molecular flexibility index (Phi) is 3.58. The number of anilines is 1. The second kappa shape index (κ2) is 5.42. The molecule has 8 heteroatoms. The molecule has 0 spiro atoms. The Bertz CT molecular complexity index is 898. The molecule has 2 unspecified atom stereocenters. The minimum atomic E-state index is -0.348. The first-order valence-electron chi connectivity index (χ1n) is 8.05. The second-order valence-electron chi connectivity index (χ2n) is 6.72. The Morgan fingerprint density at radius 2 is 2.00 bits per heavy atom. The number of aryl methyl sites for hydroxylation is 2. The van der Waals surface area contributed by atoms with Crippen molar-refractivity contribution in [3.63, 3.8) is 0 Å². The standard InChI is InChI=1S/C16H20FN5OS/c1-8-5-22-10(6-20(8)3)7-24-13-11-14(18-9(2)12(13)17)21(4)16(23)19-15(11)22/h8,10H,5-7H2,1-4H3. The molecule has 0 amide bonds. The van der Waals surface area contributed by atoms with E-state index >= 15 is 0 Å². The summed E-state index contributed by atoms with van der Waals surface area (Å²) in [4.78, 5) is 26.0. The molecule has 0 radical (unpaired) electrons. The van der Waals surface area contributed by atoms with E-state index in [0.29, 0.717) is 33.5 Å². The molecule has 0 aromatic carbocycles. The van der Waals surface area contributed by atoms with Crippen LogP contribution in [0.5, 0.6) is 0 Å². The number of nitrogens with zero attached hydrogens (tertiary/aromatic N) is 5. The highest BCUT2D eigenvalue weighted by Gasteiger charge is 2.36. The first kappa shape index (κ1) is 15.8.